The van der Waals surface area contributed by atoms with Crippen LogP contribution in [0.1, 0.15) is 16.0 Å². The van der Waals surface area contributed by atoms with Gasteiger partial charge in [-0.15, -0.1) is 35.3 Å². The molecule has 8 heteroatoms. The second kappa shape index (κ2) is 9.11. The Balaban J connectivity index is 0.00000264. The van der Waals surface area contributed by atoms with Gasteiger partial charge >= 0.3 is 6.18 Å². The van der Waals surface area contributed by atoms with Crippen molar-refractivity contribution in [3.8, 4) is 0 Å². The smallest absolute Gasteiger partial charge is 0.352 e. The number of guanidine groups is 1. The number of benzene rings is 1. The lowest BCUT2D eigenvalue weighted by Gasteiger charge is -2.12. The highest BCUT2D eigenvalue weighted by Gasteiger charge is 2.29. The van der Waals surface area contributed by atoms with Gasteiger partial charge in [0, 0.05) is 18.5 Å². The highest BCUT2D eigenvalue weighted by atomic mass is 127. The quantitative estimate of drug-likeness (QED) is 0.411. The van der Waals surface area contributed by atoms with E-state index in [-0.39, 0.29) is 24.0 Å². The van der Waals surface area contributed by atoms with Crippen LogP contribution in [0.5, 0.6) is 0 Å². The summed E-state index contributed by atoms with van der Waals surface area (Å²) in [5.41, 5.74) is 0.114. The third-order valence-electron chi connectivity index (χ3n) is 2.97. The first-order valence-corrected chi connectivity index (χ1v) is 7.50. The molecule has 0 aliphatic carbocycles. The minimum Gasteiger partial charge on any atom is -0.352 e. The number of nitrogens with zero attached hydrogens (tertiary/aromatic N) is 1. The van der Waals surface area contributed by atoms with E-state index in [9.17, 15) is 13.2 Å². The first-order chi connectivity index (χ1) is 10.5. The summed E-state index contributed by atoms with van der Waals surface area (Å²) in [4.78, 5) is 5.26. The summed E-state index contributed by atoms with van der Waals surface area (Å²) in [5.74, 6) is 0.605. The summed E-state index contributed by atoms with van der Waals surface area (Å²) in [6.45, 7) is 1.06. The average molecular weight is 455 g/mol. The Labute approximate surface area is 154 Å². The second-order valence-electron chi connectivity index (χ2n) is 4.55. The van der Waals surface area contributed by atoms with Crippen molar-refractivity contribution in [1.29, 1.82) is 0 Å². The molecule has 0 saturated carbocycles. The number of nitrogens with one attached hydrogen (secondary N) is 2. The molecular weight excluding hydrogens is 438 g/mol. The van der Waals surface area contributed by atoms with E-state index in [0.29, 0.717) is 19.0 Å². The van der Waals surface area contributed by atoms with E-state index in [1.54, 1.807) is 18.4 Å². The highest BCUT2D eigenvalue weighted by molar-refractivity contribution is 14.0. The number of rotatable bonds is 4. The van der Waals surface area contributed by atoms with Crippen LogP contribution < -0.4 is 10.6 Å². The van der Waals surface area contributed by atoms with Crippen molar-refractivity contribution in [2.75, 3.05) is 7.05 Å². The molecule has 0 atom stereocenters. The molecule has 1 aromatic heterocycles. The van der Waals surface area contributed by atoms with Crippen LogP contribution in [0.4, 0.5) is 13.2 Å². The molecule has 2 N–H and O–H groups in total. The minimum absolute atomic E-state index is 0. The van der Waals surface area contributed by atoms with Gasteiger partial charge in [0.05, 0.1) is 12.1 Å². The Hall–Kier alpha value is -1.29. The zero-order valence-electron chi connectivity index (χ0n) is 12.4. The molecular formula is C15H17F3IN3S. The number of hydrogen-bond donors (Lipinski definition) is 2. The Morgan fingerprint density at radius 3 is 2.26 bits per heavy atom. The van der Waals surface area contributed by atoms with E-state index in [2.05, 4.69) is 15.6 Å². The molecule has 23 heavy (non-hydrogen) atoms. The maximum Gasteiger partial charge on any atom is 0.416 e. The molecule has 0 fully saturated rings. The van der Waals surface area contributed by atoms with Crippen molar-refractivity contribution in [1.82, 2.24) is 10.6 Å². The van der Waals surface area contributed by atoms with E-state index in [4.69, 9.17) is 0 Å². The molecule has 2 aromatic rings. The lowest BCUT2D eigenvalue weighted by molar-refractivity contribution is -0.137. The molecule has 0 bridgehead atoms. The molecule has 0 aliphatic heterocycles. The summed E-state index contributed by atoms with van der Waals surface area (Å²) >= 11 is 1.64. The number of alkyl halides is 3. The van der Waals surface area contributed by atoms with Crippen LogP contribution in [0.15, 0.2) is 46.8 Å². The lowest BCUT2D eigenvalue weighted by atomic mass is 10.1. The van der Waals surface area contributed by atoms with Crippen molar-refractivity contribution in [2.45, 2.75) is 19.3 Å². The van der Waals surface area contributed by atoms with E-state index < -0.39 is 11.7 Å². The maximum absolute atomic E-state index is 12.5. The summed E-state index contributed by atoms with van der Waals surface area (Å²) < 4.78 is 37.4. The molecule has 0 aliphatic rings. The van der Waals surface area contributed by atoms with Gasteiger partial charge in [0.1, 0.15) is 0 Å². The third kappa shape index (κ3) is 6.38. The van der Waals surface area contributed by atoms with Crippen molar-refractivity contribution < 1.29 is 13.2 Å². The van der Waals surface area contributed by atoms with Crippen molar-refractivity contribution in [2.24, 2.45) is 4.99 Å². The lowest BCUT2D eigenvalue weighted by Crippen LogP contribution is -2.36. The monoisotopic (exact) mass is 455 g/mol. The number of halogens is 4. The van der Waals surface area contributed by atoms with E-state index >= 15 is 0 Å². The molecule has 1 aromatic carbocycles. The number of thiophene rings is 1. The van der Waals surface area contributed by atoms with Crippen LogP contribution in [-0.2, 0) is 19.3 Å². The van der Waals surface area contributed by atoms with Crippen molar-refractivity contribution >= 4 is 41.3 Å². The molecule has 0 saturated heterocycles. The van der Waals surface area contributed by atoms with Gasteiger partial charge in [-0.2, -0.15) is 13.2 Å². The Morgan fingerprint density at radius 2 is 1.74 bits per heavy atom. The Morgan fingerprint density at radius 1 is 1.09 bits per heavy atom. The van der Waals surface area contributed by atoms with Gasteiger partial charge in [0.2, 0.25) is 0 Å². The van der Waals surface area contributed by atoms with Crippen LogP contribution in [0, 0.1) is 0 Å². The summed E-state index contributed by atoms with van der Waals surface area (Å²) in [6, 6.07) is 9.07. The zero-order chi connectivity index (χ0) is 16.0. The SMILES string of the molecule is CN=C(NCc1ccc(C(F)(F)F)cc1)NCc1cccs1.I. The third-order valence-corrected chi connectivity index (χ3v) is 3.85. The Kier molecular flexibility index (Phi) is 7.83. The second-order valence-corrected chi connectivity index (χ2v) is 5.59. The first kappa shape index (κ1) is 19.8. The largest absolute Gasteiger partial charge is 0.416 e. The molecule has 0 amide bonds. The van der Waals surface area contributed by atoms with Gasteiger partial charge in [-0.3, -0.25) is 4.99 Å². The standard InChI is InChI=1S/C15H16F3N3S.HI/c1-19-14(21-10-13-3-2-8-22-13)20-9-11-4-6-12(7-5-11)15(16,17)18;/h2-8H,9-10H2,1H3,(H2,19,20,21);1H. The molecule has 0 unspecified atom stereocenters. The fraction of sp³-hybridized carbons (Fsp3) is 0.267. The van der Waals surface area contributed by atoms with Gasteiger partial charge in [-0.1, -0.05) is 18.2 Å². The molecule has 2 rings (SSSR count). The molecule has 1 heterocycles. The van der Waals surface area contributed by atoms with E-state index in [1.807, 2.05) is 17.5 Å². The zero-order valence-corrected chi connectivity index (χ0v) is 15.5. The predicted molar refractivity (Wildman–Crippen MR) is 98.2 cm³/mol. The van der Waals surface area contributed by atoms with E-state index in [0.717, 1.165) is 17.7 Å². The molecule has 0 radical (unpaired) electrons. The van der Waals surface area contributed by atoms with Crippen LogP contribution in [0.25, 0.3) is 0 Å². The topological polar surface area (TPSA) is 36.4 Å². The van der Waals surface area contributed by atoms with Gasteiger partial charge in [0.15, 0.2) is 5.96 Å². The van der Waals surface area contributed by atoms with Crippen LogP contribution in [0.2, 0.25) is 0 Å². The number of hydrogen-bond acceptors (Lipinski definition) is 2. The van der Waals surface area contributed by atoms with Gasteiger partial charge in [-0.25, -0.2) is 0 Å². The summed E-state index contributed by atoms with van der Waals surface area (Å²) in [6.07, 6.45) is -4.30. The normalized spacial score (nSPS) is 11.7. The van der Waals surface area contributed by atoms with Crippen LogP contribution >= 0.6 is 35.3 Å². The minimum atomic E-state index is -4.30. The fourth-order valence-electron chi connectivity index (χ4n) is 1.80. The maximum atomic E-state index is 12.5. The van der Waals surface area contributed by atoms with Gasteiger partial charge < -0.3 is 10.6 Å². The van der Waals surface area contributed by atoms with Crippen LogP contribution in [0.3, 0.4) is 0 Å². The summed E-state index contributed by atoms with van der Waals surface area (Å²) in [5, 5.41) is 8.21. The number of aliphatic imine (C=N–C) groups is 1. The molecule has 126 valence electrons. The van der Waals surface area contributed by atoms with Crippen LogP contribution in [-0.4, -0.2) is 13.0 Å². The molecule has 3 nitrogen and oxygen atoms in total. The molecule has 0 spiro atoms. The highest BCUT2D eigenvalue weighted by Crippen LogP contribution is 2.28. The predicted octanol–water partition coefficient (Wildman–Crippen LogP) is 4.25. The van der Waals surface area contributed by atoms with Crippen molar-refractivity contribution in [3.63, 3.8) is 0 Å². The summed E-state index contributed by atoms with van der Waals surface area (Å²) in [7, 11) is 1.65. The van der Waals surface area contributed by atoms with E-state index in [1.165, 1.54) is 17.0 Å². The Bertz CT molecular complexity index is 610. The van der Waals surface area contributed by atoms with Gasteiger partial charge in [0.25, 0.3) is 0 Å². The average Bonchev–Trinajstić information content (AvgIpc) is 3.00. The first-order valence-electron chi connectivity index (χ1n) is 6.62. The van der Waals surface area contributed by atoms with Gasteiger partial charge in [-0.05, 0) is 29.1 Å². The van der Waals surface area contributed by atoms with Crippen molar-refractivity contribution in [3.05, 3.63) is 57.8 Å². The fourth-order valence-corrected chi connectivity index (χ4v) is 2.45.